The lowest BCUT2D eigenvalue weighted by molar-refractivity contribution is -0.161. The normalized spacial score (nSPS) is 20.9. The predicted octanol–water partition coefficient (Wildman–Crippen LogP) is 5.97. The van der Waals surface area contributed by atoms with Gasteiger partial charge in [-0.15, -0.1) is 0 Å². The van der Waals surface area contributed by atoms with E-state index in [9.17, 15) is 22.8 Å². The maximum Gasteiger partial charge on any atom is 0.401 e. The Bertz CT molecular complexity index is 1120. The van der Waals surface area contributed by atoms with Crippen LogP contribution in [0.4, 0.5) is 17.6 Å². The van der Waals surface area contributed by atoms with E-state index in [0.717, 1.165) is 16.5 Å². The van der Waals surface area contributed by atoms with Crippen molar-refractivity contribution < 1.29 is 22.3 Å². The molecule has 0 saturated carbocycles. The summed E-state index contributed by atoms with van der Waals surface area (Å²) in [7, 11) is 0. The van der Waals surface area contributed by atoms with E-state index in [1.807, 2.05) is 24.3 Å². The molecule has 0 fully saturated rings. The zero-order valence-corrected chi connectivity index (χ0v) is 21.0. The number of halogens is 4. The van der Waals surface area contributed by atoms with Crippen LogP contribution in [0.25, 0.3) is 10.9 Å². The van der Waals surface area contributed by atoms with Crippen LogP contribution >= 0.6 is 0 Å². The van der Waals surface area contributed by atoms with Crippen LogP contribution in [0.3, 0.4) is 0 Å². The van der Waals surface area contributed by atoms with Gasteiger partial charge in [0.15, 0.2) is 0 Å². The van der Waals surface area contributed by atoms with Crippen molar-refractivity contribution in [3.8, 4) is 6.07 Å². The number of rotatable bonds is 11. The van der Waals surface area contributed by atoms with Crippen LogP contribution in [0.15, 0.2) is 48.3 Å². The van der Waals surface area contributed by atoms with E-state index in [2.05, 4.69) is 16.4 Å². The summed E-state index contributed by atoms with van der Waals surface area (Å²) in [6.07, 6.45) is 1.53. The lowest BCUT2D eigenvalue weighted by atomic mass is 9.76. The third-order valence-electron chi connectivity index (χ3n) is 6.56. The average molecular weight is 507 g/mol. The zero-order valence-electron chi connectivity index (χ0n) is 21.0. The molecule has 0 bridgehead atoms. The zero-order chi connectivity index (χ0) is 26.3. The molecule has 9 heteroatoms. The molecule has 0 spiro atoms. The molecule has 1 aromatic carbocycles. The average Bonchev–Trinajstić information content (AvgIpc) is 3.18. The standard InChI is InChI=1S/C27H34F4N4O/c1-19-16-22-21-9-4-5-10-23(21)34-24(22)25(35(19)18-27(29,30)31)26(3,17-32)11-6-8-20(2)36-15-14-33-13-7-12-28/h4-6,8-11,19,25,33-34H,7,12-16,18H2,1-3H3/b11-6-,20-8+/t19-,25?,26?/m1/s1. The van der Waals surface area contributed by atoms with Crippen LogP contribution in [-0.2, 0) is 11.2 Å². The molecule has 2 heterocycles. The predicted molar refractivity (Wildman–Crippen MR) is 133 cm³/mol. The first kappa shape index (κ1) is 27.8. The van der Waals surface area contributed by atoms with Crippen molar-refractivity contribution in [2.24, 2.45) is 5.41 Å². The quantitative estimate of drug-likeness (QED) is 0.171. The summed E-state index contributed by atoms with van der Waals surface area (Å²) in [5, 5.41) is 14.3. The number of aromatic nitrogens is 1. The summed E-state index contributed by atoms with van der Waals surface area (Å²) < 4.78 is 58.6. The molecule has 0 saturated heterocycles. The molecule has 2 unspecified atom stereocenters. The molecule has 5 nitrogen and oxygen atoms in total. The van der Waals surface area contributed by atoms with Crippen LogP contribution in [0, 0.1) is 16.7 Å². The molecule has 0 aliphatic carbocycles. The third-order valence-corrected chi connectivity index (χ3v) is 6.56. The Kier molecular flexibility index (Phi) is 9.20. The highest BCUT2D eigenvalue weighted by atomic mass is 19.4. The van der Waals surface area contributed by atoms with Crippen molar-refractivity contribution in [3.05, 3.63) is 59.5 Å². The molecule has 1 aliphatic heterocycles. The number of hydrogen-bond donors (Lipinski definition) is 2. The first-order valence-electron chi connectivity index (χ1n) is 12.2. The highest BCUT2D eigenvalue weighted by molar-refractivity contribution is 5.85. The molecule has 1 aromatic heterocycles. The SMILES string of the molecule is C/C(=C\C=C/C(C)(C#N)C1c2[nH]c3ccccc3c2C[C@@H](C)N1CC(F)(F)F)OCCNCCCF. The molecule has 3 rings (SSSR count). The van der Waals surface area contributed by atoms with E-state index in [4.69, 9.17) is 4.74 Å². The number of allylic oxidation sites excluding steroid dienone is 3. The highest BCUT2D eigenvalue weighted by Gasteiger charge is 2.48. The van der Waals surface area contributed by atoms with Gasteiger partial charge in [-0.25, -0.2) is 0 Å². The molecule has 0 radical (unpaired) electrons. The van der Waals surface area contributed by atoms with Gasteiger partial charge in [0.25, 0.3) is 0 Å². The summed E-state index contributed by atoms with van der Waals surface area (Å²) in [5.41, 5.74) is 1.22. The fourth-order valence-electron chi connectivity index (χ4n) is 4.83. The topological polar surface area (TPSA) is 64.1 Å². The van der Waals surface area contributed by atoms with Crippen LogP contribution in [0.2, 0.25) is 0 Å². The van der Waals surface area contributed by atoms with Gasteiger partial charge in [0.2, 0.25) is 0 Å². The first-order valence-corrected chi connectivity index (χ1v) is 12.2. The second-order valence-electron chi connectivity index (χ2n) is 9.48. The second-order valence-corrected chi connectivity index (χ2v) is 9.48. The molecule has 196 valence electrons. The maximum atomic E-state index is 13.6. The number of ether oxygens (including phenoxy) is 1. The van der Waals surface area contributed by atoms with Gasteiger partial charge >= 0.3 is 6.18 Å². The van der Waals surface area contributed by atoms with Crippen molar-refractivity contribution in [1.82, 2.24) is 15.2 Å². The van der Waals surface area contributed by atoms with Crippen molar-refractivity contribution in [2.45, 2.75) is 51.9 Å². The number of H-pyrrole nitrogens is 1. The monoisotopic (exact) mass is 506 g/mol. The minimum Gasteiger partial charge on any atom is -0.497 e. The van der Waals surface area contributed by atoms with Crippen molar-refractivity contribution >= 4 is 10.9 Å². The Labute approximate surface area is 209 Å². The van der Waals surface area contributed by atoms with Gasteiger partial charge < -0.3 is 15.0 Å². The van der Waals surface area contributed by atoms with Crippen molar-refractivity contribution in [1.29, 1.82) is 5.26 Å². The van der Waals surface area contributed by atoms with Crippen molar-refractivity contribution in [3.63, 3.8) is 0 Å². The van der Waals surface area contributed by atoms with Gasteiger partial charge in [0.05, 0.1) is 36.5 Å². The van der Waals surface area contributed by atoms with E-state index >= 15 is 0 Å². The van der Waals surface area contributed by atoms with Gasteiger partial charge in [-0.1, -0.05) is 30.4 Å². The van der Waals surface area contributed by atoms with Gasteiger partial charge in [0.1, 0.15) is 6.61 Å². The molecule has 36 heavy (non-hydrogen) atoms. The number of nitriles is 1. The number of nitrogens with one attached hydrogen (secondary N) is 2. The van der Waals surface area contributed by atoms with E-state index in [0.29, 0.717) is 44.0 Å². The van der Waals surface area contributed by atoms with Crippen LogP contribution in [0.5, 0.6) is 0 Å². The van der Waals surface area contributed by atoms with E-state index in [1.54, 1.807) is 39.0 Å². The summed E-state index contributed by atoms with van der Waals surface area (Å²) >= 11 is 0. The number of aromatic amines is 1. The Morgan fingerprint density at radius 3 is 2.75 bits per heavy atom. The minimum absolute atomic E-state index is 0.366. The Morgan fingerprint density at radius 2 is 2.06 bits per heavy atom. The van der Waals surface area contributed by atoms with Crippen LogP contribution in [0.1, 0.15) is 44.5 Å². The Morgan fingerprint density at radius 1 is 1.31 bits per heavy atom. The molecule has 2 N–H and O–H groups in total. The largest absolute Gasteiger partial charge is 0.497 e. The molecule has 3 atom stereocenters. The minimum atomic E-state index is -4.40. The Balaban J connectivity index is 1.88. The number of nitrogens with zero attached hydrogens (tertiary/aromatic N) is 2. The number of alkyl halides is 4. The smallest absolute Gasteiger partial charge is 0.401 e. The van der Waals surface area contributed by atoms with Crippen molar-refractivity contribution in [2.75, 3.05) is 32.9 Å². The molecular formula is C27H34F4N4O. The van der Waals surface area contributed by atoms with Crippen LogP contribution < -0.4 is 5.32 Å². The fraction of sp³-hybridized carbons (Fsp3) is 0.519. The lowest BCUT2D eigenvalue weighted by Crippen LogP contribution is -2.51. The first-order chi connectivity index (χ1) is 17.1. The van der Waals surface area contributed by atoms with Crippen LogP contribution in [-0.4, -0.2) is 55.0 Å². The number of para-hydroxylation sites is 1. The summed E-state index contributed by atoms with van der Waals surface area (Å²) in [6, 6.07) is 8.71. The molecule has 2 aromatic rings. The van der Waals surface area contributed by atoms with Gasteiger partial charge in [-0.05, 0) is 57.9 Å². The van der Waals surface area contributed by atoms with E-state index in [1.165, 1.54) is 4.90 Å². The number of fused-ring (bicyclic) bond motifs is 3. The lowest BCUT2D eigenvalue weighted by Gasteiger charge is -2.45. The summed E-state index contributed by atoms with van der Waals surface area (Å²) in [4.78, 5) is 4.72. The third kappa shape index (κ3) is 6.68. The highest BCUT2D eigenvalue weighted by Crippen LogP contribution is 2.47. The van der Waals surface area contributed by atoms with Gasteiger partial charge in [0, 0.05) is 29.2 Å². The van der Waals surface area contributed by atoms with Gasteiger partial charge in [-0.2, -0.15) is 18.4 Å². The molecular weight excluding hydrogens is 472 g/mol. The number of benzene rings is 1. The molecule has 1 aliphatic rings. The van der Waals surface area contributed by atoms with Gasteiger partial charge in [-0.3, -0.25) is 9.29 Å². The summed E-state index contributed by atoms with van der Waals surface area (Å²) in [5.74, 6) is 0.606. The van der Waals surface area contributed by atoms with E-state index in [-0.39, 0.29) is 6.67 Å². The summed E-state index contributed by atoms with van der Waals surface area (Å²) in [6.45, 7) is 5.29. The fourth-order valence-corrected chi connectivity index (χ4v) is 4.83. The Hall–Kier alpha value is -2.83. The second kappa shape index (κ2) is 11.9. The maximum absolute atomic E-state index is 13.6. The number of hydrogen-bond acceptors (Lipinski definition) is 4. The molecule has 0 amide bonds. The van der Waals surface area contributed by atoms with E-state index < -0.39 is 30.2 Å².